The molecule has 0 fully saturated rings. The highest BCUT2D eigenvalue weighted by molar-refractivity contribution is 7.80. The van der Waals surface area contributed by atoms with Crippen molar-refractivity contribution < 1.29 is 14.6 Å². The number of hydrogen-bond donors (Lipinski definition) is 1. The predicted octanol–water partition coefficient (Wildman–Crippen LogP) is 2.39. The molecule has 5 nitrogen and oxygen atoms in total. The summed E-state index contributed by atoms with van der Waals surface area (Å²) in [6, 6.07) is 8.63. The van der Waals surface area contributed by atoms with Crippen molar-refractivity contribution >= 4 is 17.3 Å². The molecule has 1 N–H and O–H groups in total. The van der Waals surface area contributed by atoms with Crippen molar-refractivity contribution in [3.63, 3.8) is 0 Å². The average molecular weight is 276 g/mol. The Morgan fingerprint density at radius 3 is 2.21 bits per heavy atom. The summed E-state index contributed by atoms with van der Waals surface area (Å²) in [5.74, 6) is 1.13. The molecule has 0 saturated heterocycles. The highest BCUT2D eigenvalue weighted by Crippen LogP contribution is 2.25. The molecule has 1 aromatic carbocycles. The first-order valence-corrected chi connectivity index (χ1v) is 5.86. The highest BCUT2D eigenvalue weighted by atomic mass is 32.1. The van der Waals surface area contributed by atoms with Crippen LogP contribution in [0.2, 0.25) is 0 Å². The van der Waals surface area contributed by atoms with Crippen LogP contribution < -0.4 is 9.47 Å². The van der Waals surface area contributed by atoms with E-state index in [1.54, 1.807) is 24.3 Å². The van der Waals surface area contributed by atoms with Gasteiger partial charge in [0, 0.05) is 11.1 Å². The lowest BCUT2D eigenvalue weighted by molar-refractivity contribution is 0.372. The van der Waals surface area contributed by atoms with Crippen molar-refractivity contribution in [1.29, 1.82) is 0 Å². The molecular formula is C13H12N2O3S. The van der Waals surface area contributed by atoms with Crippen LogP contribution in [0.15, 0.2) is 30.3 Å². The predicted molar refractivity (Wildman–Crippen MR) is 74.9 cm³/mol. The first-order chi connectivity index (χ1) is 9.15. The van der Waals surface area contributed by atoms with Crippen molar-refractivity contribution in [2.75, 3.05) is 14.2 Å². The smallest absolute Gasteiger partial charge is 0.220 e. The van der Waals surface area contributed by atoms with E-state index in [-0.39, 0.29) is 5.05 Å². The summed E-state index contributed by atoms with van der Waals surface area (Å²) in [6.07, 6.45) is 0. The maximum absolute atomic E-state index is 9.53. The van der Waals surface area contributed by atoms with E-state index < -0.39 is 0 Å². The van der Waals surface area contributed by atoms with Gasteiger partial charge in [-0.3, -0.25) is 0 Å². The fourth-order valence-electron chi connectivity index (χ4n) is 1.60. The summed E-state index contributed by atoms with van der Waals surface area (Å²) in [5, 5.41) is 9.32. The lowest BCUT2D eigenvalue weighted by Gasteiger charge is -2.09. The number of rotatable bonds is 4. The maximum Gasteiger partial charge on any atom is 0.220 e. The Morgan fingerprint density at radius 1 is 1.11 bits per heavy atom. The van der Waals surface area contributed by atoms with Crippen molar-refractivity contribution in [1.82, 2.24) is 9.97 Å². The SMILES string of the molecule is COc1cc(OC)nc(-c2ccccc2C(O)=S)n1. The van der Waals surface area contributed by atoms with Gasteiger partial charge in [-0.2, -0.15) is 9.97 Å². The molecule has 2 aromatic rings. The topological polar surface area (TPSA) is 64.5 Å². The van der Waals surface area contributed by atoms with Gasteiger partial charge in [-0.25, -0.2) is 0 Å². The third kappa shape index (κ3) is 2.79. The molecule has 0 bridgehead atoms. The van der Waals surface area contributed by atoms with Crippen LogP contribution in [0.5, 0.6) is 11.8 Å². The summed E-state index contributed by atoms with van der Waals surface area (Å²) in [5.41, 5.74) is 1.11. The van der Waals surface area contributed by atoms with Gasteiger partial charge in [0.2, 0.25) is 11.8 Å². The third-order valence-electron chi connectivity index (χ3n) is 2.50. The molecule has 0 atom stereocenters. The molecule has 0 aliphatic carbocycles. The largest absolute Gasteiger partial charge is 0.499 e. The average Bonchev–Trinajstić information content (AvgIpc) is 2.46. The minimum atomic E-state index is -0.207. The first-order valence-electron chi connectivity index (χ1n) is 5.45. The minimum absolute atomic E-state index is 0.207. The van der Waals surface area contributed by atoms with E-state index >= 15 is 0 Å². The van der Waals surface area contributed by atoms with Crippen LogP contribution in [0.3, 0.4) is 0 Å². The summed E-state index contributed by atoms with van der Waals surface area (Å²) >= 11 is 4.81. The lowest BCUT2D eigenvalue weighted by atomic mass is 10.1. The van der Waals surface area contributed by atoms with Crippen molar-refractivity contribution in [2.24, 2.45) is 0 Å². The molecule has 0 unspecified atom stereocenters. The lowest BCUT2D eigenvalue weighted by Crippen LogP contribution is -2.02. The Labute approximate surface area is 115 Å². The van der Waals surface area contributed by atoms with Gasteiger partial charge in [0.05, 0.1) is 20.3 Å². The van der Waals surface area contributed by atoms with E-state index in [4.69, 9.17) is 21.7 Å². The van der Waals surface area contributed by atoms with E-state index in [9.17, 15) is 5.11 Å². The van der Waals surface area contributed by atoms with Crippen LogP contribution in [0.1, 0.15) is 5.56 Å². The number of ether oxygens (including phenoxy) is 2. The van der Waals surface area contributed by atoms with Crippen LogP contribution in [0.25, 0.3) is 11.4 Å². The van der Waals surface area contributed by atoms with E-state index in [1.807, 2.05) is 6.07 Å². The van der Waals surface area contributed by atoms with Gasteiger partial charge in [0.15, 0.2) is 10.9 Å². The van der Waals surface area contributed by atoms with Crippen LogP contribution in [0, 0.1) is 0 Å². The molecule has 1 aromatic heterocycles. The molecule has 2 rings (SSSR count). The van der Waals surface area contributed by atoms with E-state index in [2.05, 4.69) is 9.97 Å². The third-order valence-corrected chi connectivity index (χ3v) is 2.72. The number of thiocarbonyl (C=S) groups is 1. The van der Waals surface area contributed by atoms with Crippen LogP contribution in [-0.4, -0.2) is 34.3 Å². The molecule has 19 heavy (non-hydrogen) atoms. The summed E-state index contributed by atoms with van der Waals surface area (Å²) < 4.78 is 10.2. The quantitative estimate of drug-likeness (QED) is 0.865. The second kappa shape index (κ2) is 5.62. The summed E-state index contributed by atoms with van der Waals surface area (Å²) in [4.78, 5) is 8.46. The van der Waals surface area contributed by atoms with Crippen LogP contribution in [0.4, 0.5) is 0 Å². The Balaban J connectivity index is 2.61. The zero-order valence-corrected chi connectivity index (χ0v) is 11.3. The molecule has 98 valence electrons. The maximum atomic E-state index is 9.53. The van der Waals surface area contributed by atoms with E-state index in [0.717, 1.165) is 0 Å². The molecule has 0 aliphatic heterocycles. The number of methoxy groups -OCH3 is 2. The van der Waals surface area contributed by atoms with Gasteiger partial charge in [-0.05, 0) is 18.3 Å². The van der Waals surface area contributed by atoms with Crippen LogP contribution >= 0.6 is 12.2 Å². The molecule has 6 heteroatoms. The Bertz CT molecular complexity index is 594. The molecule has 0 amide bonds. The second-order valence-electron chi connectivity index (χ2n) is 3.63. The minimum Gasteiger partial charge on any atom is -0.499 e. The van der Waals surface area contributed by atoms with Gasteiger partial charge in [0.1, 0.15) is 0 Å². The summed E-state index contributed by atoms with van der Waals surface area (Å²) in [6.45, 7) is 0. The van der Waals surface area contributed by atoms with Crippen molar-refractivity contribution in [3.8, 4) is 23.1 Å². The number of hydrogen-bond acceptors (Lipinski definition) is 5. The van der Waals surface area contributed by atoms with E-state index in [0.29, 0.717) is 28.7 Å². The van der Waals surface area contributed by atoms with Gasteiger partial charge >= 0.3 is 0 Å². The first kappa shape index (κ1) is 13.2. The van der Waals surface area contributed by atoms with Gasteiger partial charge in [-0.15, -0.1) is 0 Å². The highest BCUT2D eigenvalue weighted by Gasteiger charge is 2.13. The van der Waals surface area contributed by atoms with Gasteiger partial charge in [-0.1, -0.05) is 18.2 Å². The number of nitrogens with zero attached hydrogens (tertiary/aromatic N) is 2. The number of aromatic nitrogens is 2. The van der Waals surface area contributed by atoms with Gasteiger partial charge in [0.25, 0.3) is 0 Å². The Kier molecular flexibility index (Phi) is 3.91. The summed E-state index contributed by atoms with van der Waals surface area (Å²) in [7, 11) is 3.02. The zero-order valence-electron chi connectivity index (χ0n) is 10.5. The molecular weight excluding hydrogens is 264 g/mol. The monoisotopic (exact) mass is 276 g/mol. The standard InChI is InChI=1S/C13H12N2O3S/c1-17-10-7-11(18-2)15-12(14-10)8-5-3-4-6-9(8)13(16)19/h3-7H,1-2H3,(H,16,19). The van der Waals surface area contributed by atoms with Crippen molar-refractivity contribution in [2.45, 2.75) is 0 Å². The fourth-order valence-corrected chi connectivity index (χ4v) is 1.78. The van der Waals surface area contributed by atoms with Crippen molar-refractivity contribution in [3.05, 3.63) is 35.9 Å². The van der Waals surface area contributed by atoms with E-state index in [1.165, 1.54) is 14.2 Å². The normalized spacial score (nSPS) is 10.0. The number of benzene rings is 1. The Hall–Kier alpha value is -2.21. The number of aliphatic hydroxyl groups excluding tert-OH is 1. The molecule has 0 spiro atoms. The molecule has 1 heterocycles. The fraction of sp³-hybridized carbons (Fsp3) is 0.154. The molecule has 0 aliphatic rings. The Morgan fingerprint density at radius 2 is 1.68 bits per heavy atom. The number of aliphatic hydroxyl groups is 1. The second-order valence-corrected chi connectivity index (χ2v) is 4.01. The molecule has 0 saturated carbocycles. The molecule has 0 radical (unpaired) electrons. The zero-order chi connectivity index (χ0) is 13.8. The van der Waals surface area contributed by atoms with Gasteiger partial charge < -0.3 is 14.6 Å². The van der Waals surface area contributed by atoms with Crippen LogP contribution in [-0.2, 0) is 0 Å².